The van der Waals surface area contributed by atoms with Crippen molar-refractivity contribution in [2.75, 3.05) is 23.9 Å². The molecule has 1 atom stereocenters. The van der Waals surface area contributed by atoms with E-state index in [1.54, 1.807) is 19.1 Å². The van der Waals surface area contributed by atoms with E-state index in [1.807, 2.05) is 44.2 Å². The maximum Gasteiger partial charge on any atom is 0.264 e. The molecular formula is C29H34FN3O4S. The minimum absolute atomic E-state index is 0.00444. The number of carbonyl (C=O) groups is 2. The number of benzene rings is 3. The predicted molar refractivity (Wildman–Crippen MR) is 147 cm³/mol. The molecule has 0 aliphatic carbocycles. The normalized spacial score (nSPS) is 12.0. The lowest BCUT2D eigenvalue weighted by atomic mass is 10.1. The van der Waals surface area contributed by atoms with Gasteiger partial charge in [0.25, 0.3) is 10.0 Å². The van der Waals surface area contributed by atoms with Crippen molar-refractivity contribution < 1.29 is 22.4 Å². The molecule has 3 rings (SSSR count). The van der Waals surface area contributed by atoms with Crippen molar-refractivity contribution in [2.24, 2.45) is 0 Å². The van der Waals surface area contributed by atoms with Gasteiger partial charge in [0.15, 0.2) is 0 Å². The van der Waals surface area contributed by atoms with Crippen molar-refractivity contribution >= 4 is 27.5 Å². The monoisotopic (exact) mass is 539 g/mol. The molecule has 0 fully saturated rings. The smallest absolute Gasteiger partial charge is 0.264 e. The van der Waals surface area contributed by atoms with Crippen LogP contribution < -0.4 is 9.62 Å². The number of aryl methyl sites for hydroxylation is 1. The van der Waals surface area contributed by atoms with Crippen LogP contribution >= 0.6 is 0 Å². The summed E-state index contributed by atoms with van der Waals surface area (Å²) in [6.45, 7) is 5.53. The Morgan fingerprint density at radius 1 is 0.947 bits per heavy atom. The Hall–Kier alpha value is -3.72. The van der Waals surface area contributed by atoms with Gasteiger partial charge in [-0.25, -0.2) is 12.8 Å². The van der Waals surface area contributed by atoms with Crippen molar-refractivity contribution in [2.45, 2.75) is 44.6 Å². The molecule has 0 saturated carbocycles. The SMILES string of the molecule is CCCNC(=O)C(C)N(CCc1ccccc1)C(=O)CN(c1ccc(F)cc1)S(=O)(=O)c1ccc(C)cc1. The van der Waals surface area contributed by atoms with Crippen LogP contribution in [-0.2, 0) is 26.0 Å². The van der Waals surface area contributed by atoms with Crippen LogP contribution in [0.15, 0.2) is 83.8 Å². The van der Waals surface area contributed by atoms with Crippen LogP contribution in [0.3, 0.4) is 0 Å². The molecule has 0 radical (unpaired) electrons. The van der Waals surface area contributed by atoms with Gasteiger partial charge >= 0.3 is 0 Å². The second-order valence-corrected chi connectivity index (χ2v) is 11.0. The van der Waals surface area contributed by atoms with Gasteiger partial charge in [-0.15, -0.1) is 0 Å². The standard InChI is InChI=1S/C29H34FN3O4S/c1-4-19-31-29(35)23(3)32(20-18-24-8-6-5-7-9-24)28(34)21-33(26-14-12-25(30)13-15-26)38(36,37)27-16-10-22(2)11-17-27/h5-17,23H,4,18-21H2,1-3H3,(H,31,35). The van der Waals surface area contributed by atoms with E-state index in [1.165, 1.54) is 29.2 Å². The fourth-order valence-corrected chi connectivity index (χ4v) is 5.35. The number of anilines is 1. The summed E-state index contributed by atoms with van der Waals surface area (Å²) in [5.41, 5.74) is 2.01. The average Bonchev–Trinajstić information content (AvgIpc) is 2.91. The van der Waals surface area contributed by atoms with Gasteiger partial charge in [-0.2, -0.15) is 0 Å². The summed E-state index contributed by atoms with van der Waals surface area (Å²) in [4.78, 5) is 28.0. The second kappa shape index (κ2) is 13.2. The Kier molecular flexibility index (Phi) is 10.0. The molecule has 0 bridgehead atoms. The summed E-state index contributed by atoms with van der Waals surface area (Å²) in [6, 6.07) is 19.9. The van der Waals surface area contributed by atoms with Gasteiger partial charge in [-0.1, -0.05) is 55.0 Å². The summed E-state index contributed by atoms with van der Waals surface area (Å²) >= 11 is 0. The third kappa shape index (κ3) is 7.41. The summed E-state index contributed by atoms with van der Waals surface area (Å²) in [6.07, 6.45) is 1.22. The largest absolute Gasteiger partial charge is 0.354 e. The molecule has 9 heteroatoms. The van der Waals surface area contributed by atoms with Crippen molar-refractivity contribution in [1.82, 2.24) is 10.2 Å². The number of nitrogens with one attached hydrogen (secondary N) is 1. The van der Waals surface area contributed by atoms with Crippen molar-refractivity contribution in [3.05, 3.63) is 95.8 Å². The van der Waals surface area contributed by atoms with Gasteiger partial charge in [-0.3, -0.25) is 13.9 Å². The van der Waals surface area contributed by atoms with Crippen LogP contribution in [0.5, 0.6) is 0 Å². The molecule has 3 aromatic carbocycles. The first-order chi connectivity index (χ1) is 18.1. The molecular weight excluding hydrogens is 505 g/mol. The topological polar surface area (TPSA) is 86.8 Å². The highest BCUT2D eigenvalue weighted by Gasteiger charge is 2.32. The van der Waals surface area contributed by atoms with Crippen LogP contribution in [0.4, 0.5) is 10.1 Å². The first-order valence-corrected chi connectivity index (χ1v) is 14.0. The predicted octanol–water partition coefficient (Wildman–Crippen LogP) is 4.32. The Labute approximate surface area is 224 Å². The molecule has 0 saturated heterocycles. The van der Waals surface area contributed by atoms with Gasteiger partial charge in [0.05, 0.1) is 10.6 Å². The Morgan fingerprint density at radius 3 is 2.18 bits per heavy atom. The number of amides is 2. The van der Waals surface area contributed by atoms with E-state index in [2.05, 4.69) is 5.32 Å². The highest BCUT2D eigenvalue weighted by Crippen LogP contribution is 2.25. The zero-order valence-electron chi connectivity index (χ0n) is 21.9. The molecule has 202 valence electrons. The van der Waals surface area contributed by atoms with Crippen molar-refractivity contribution in [1.29, 1.82) is 0 Å². The number of sulfonamides is 1. The number of hydrogen-bond donors (Lipinski definition) is 1. The summed E-state index contributed by atoms with van der Waals surface area (Å²) < 4.78 is 42.0. The molecule has 0 spiro atoms. The van der Waals surface area contributed by atoms with Crippen LogP contribution in [0.25, 0.3) is 0 Å². The molecule has 0 aliphatic rings. The van der Waals surface area contributed by atoms with Crippen LogP contribution in [0.2, 0.25) is 0 Å². The Balaban J connectivity index is 1.95. The molecule has 38 heavy (non-hydrogen) atoms. The fraction of sp³-hybridized carbons (Fsp3) is 0.310. The number of nitrogens with zero attached hydrogens (tertiary/aromatic N) is 2. The van der Waals surface area contributed by atoms with E-state index in [0.29, 0.717) is 13.0 Å². The first-order valence-electron chi connectivity index (χ1n) is 12.6. The molecule has 3 aromatic rings. The minimum atomic E-state index is -4.18. The molecule has 0 aromatic heterocycles. The maximum absolute atomic E-state index is 13.7. The van der Waals surface area contributed by atoms with E-state index in [-0.39, 0.29) is 23.0 Å². The van der Waals surface area contributed by atoms with Crippen molar-refractivity contribution in [3.63, 3.8) is 0 Å². The van der Waals surface area contributed by atoms with Gasteiger partial charge < -0.3 is 10.2 Å². The number of rotatable bonds is 12. The molecule has 0 aliphatic heterocycles. The third-order valence-corrected chi connectivity index (χ3v) is 7.99. The fourth-order valence-electron chi connectivity index (χ4n) is 3.94. The van der Waals surface area contributed by atoms with E-state index in [0.717, 1.165) is 34.0 Å². The van der Waals surface area contributed by atoms with Crippen LogP contribution in [-0.4, -0.2) is 50.8 Å². The average molecular weight is 540 g/mol. The number of halogens is 1. The molecule has 0 heterocycles. The van der Waals surface area contributed by atoms with Crippen LogP contribution in [0.1, 0.15) is 31.4 Å². The summed E-state index contributed by atoms with van der Waals surface area (Å²) in [5, 5.41) is 2.81. The molecule has 1 unspecified atom stereocenters. The van der Waals surface area contributed by atoms with E-state index in [4.69, 9.17) is 0 Å². The van der Waals surface area contributed by atoms with E-state index < -0.39 is 34.3 Å². The van der Waals surface area contributed by atoms with Gasteiger partial charge in [0.2, 0.25) is 11.8 Å². The van der Waals surface area contributed by atoms with Gasteiger partial charge in [0.1, 0.15) is 18.4 Å². The minimum Gasteiger partial charge on any atom is -0.354 e. The van der Waals surface area contributed by atoms with E-state index in [9.17, 15) is 22.4 Å². The lowest BCUT2D eigenvalue weighted by Crippen LogP contribution is -2.52. The third-order valence-electron chi connectivity index (χ3n) is 6.20. The lowest BCUT2D eigenvalue weighted by Gasteiger charge is -2.32. The van der Waals surface area contributed by atoms with Gasteiger partial charge in [0, 0.05) is 13.1 Å². The van der Waals surface area contributed by atoms with Gasteiger partial charge in [-0.05, 0) is 68.7 Å². The Bertz CT molecular complexity index is 1310. The summed E-state index contributed by atoms with van der Waals surface area (Å²) in [7, 11) is -4.18. The molecule has 1 N–H and O–H groups in total. The zero-order valence-corrected chi connectivity index (χ0v) is 22.7. The van der Waals surface area contributed by atoms with Crippen LogP contribution in [0, 0.1) is 12.7 Å². The van der Waals surface area contributed by atoms with Crippen molar-refractivity contribution in [3.8, 4) is 0 Å². The van der Waals surface area contributed by atoms with E-state index >= 15 is 0 Å². The number of hydrogen-bond acceptors (Lipinski definition) is 4. The number of carbonyl (C=O) groups excluding carboxylic acids is 2. The molecule has 2 amide bonds. The first kappa shape index (κ1) is 28.8. The second-order valence-electron chi connectivity index (χ2n) is 9.09. The molecule has 7 nitrogen and oxygen atoms in total. The summed E-state index contributed by atoms with van der Waals surface area (Å²) in [5.74, 6) is -1.39. The lowest BCUT2D eigenvalue weighted by molar-refractivity contribution is -0.138. The highest BCUT2D eigenvalue weighted by atomic mass is 32.2. The highest BCUT2D eigenvalue weighted by molar-refractivity contribution is 7.92. The quantitative estimate of drug-likeness (QED) is 0.372. The maximum atomic E-state index is 13.7. The Morgan fingerprint density at radius 2 is 1.58 bits per heavy atom. The zero-order chi connectivity index (χ0) is 27.7.